The number of fused-ring (bicyclic) bond motifs is 6. The number of rotatable bonds is 2. The smallest absolute Gasteiger partial charge is 0.328 e. The van der Waals surface area contributed by atoms with Crippen LogP contribution in [0, 0.1) is 0 Å². The molecule has 1 aliphatic heterocycles. The highest BCUT2D eigenvalue weighted by Crippen LogP contribution is 2.45. The number of nitrogens with zero attached hydrogens (tertiary/aromatic N) is 1. The van der Waals surface area contributed by atoms with E-state index < -0.39 is 0 Å². The minimum absolute atomic E-state index is 0.111. The first-order chi connectivity index (χ1) is 16.4. The van der Waals surface area contributed by atoms with Gasteiger partial charge in [0.15, 0.2) is 0 Å². The van der Waals surface area contributed by atoms with Gasteiger partial charge in [0.05, 0.1) is 0 Å². The van der Waals surface area contributed by atoms with Gasteiger partial charge in [-0.25, -0.2) is 0 Å². The highest BCUT2D eigenvalue weighted by molar-refractivity contribution is 7.25. The topological polar surface area (TPSA) is 3.24 Å². The maximum absolute atomic E-state index is 2.53. The number of thiophene rings is 1. The lowest BCUT2D eigenvalue weighted by Gasteiger charge is -2.39. The molecule has 5 aromatic carbocycles. The zero-order chi connectivity index (χ0) is 21.8. The van der Waals surface area contributed by atoms with Crippen LogP contribution < -0.4 is 15.7 Å². The average Bonchev–Trinajstić information content (AvgIpc) is 3.25. The molecule has 0 spiro atoms. The summed E-state index contributed by atoms with van der Waals surface area (Å²) in [4.78, 5) is 2.53. The summed E-state index contributed by atoms with van der Waals surface area (Å²) in [6.45, 7) is 0.111. The second-order valence-electron chi connectivity index (χ2n) is 8.57. The lowest BCUT2D eigenvalue weighted by Crippen LogP contribution is -2.57. The fraction of sp³-hybridized carbons (Fsp3) is 0. The van der Waals surface area contributed by atoms with Crippen LogP contribution in [0.2, 0.25) is 0 Å². The molecule has 2 heterocycles. The highest BCUT2D eigenvalue weighted by atomic mass is 32.1. The van der Waals surface area contributed by atoms with E-state index in [1.165, 1.54) is 53.6 Å². The Labute approximate surface area is 197 Å². The number of hydrogen-bond acceptors (Lipinski definition) is 2. The van der Waals surface area contributed by atoms with Crippen molar-refractivity contribution >= 4 is 60.7 Å². The molecule has 1 aromatic heterocycles. The van der Waals surface area contributed by atoms with Gasteiger partial charge >= 0.3 is 6.85 Å². The Hall–Kier alpha value is -3.82. The molecule has 0 aliphatic carbocycles. The SMILES string of the molecule is c1ccc(B2c3ccccc3-c3cc4sc5ccccc5c4cc3N2c2ccccc2)cc1. The molecule has 0 bridgehead atoms. The van der Waals surface area contributed by atoms with Gasteiger partial charge in [-0.15, -0.1) is 11.3 Å². The molecule has 0 unspecified atom stereocenters. The Morgan fingerprint density at radius 2 is 1.24 bits per heavy atom. The maximum atomic E-state index is 2.53. The van der Waals surface area contributed by atoms with E-state index in [9.17, 15) is 0 Å². The number of hydrogen-bond donors (Lipinski definition) is 0. The van der Waals surface area contributed by atoms with Crippen LogP contribution in [-0.4, -0.2) is 6.85 Å². The van der Waals surface area contributed by atoms with E-state index >= 15 is 0 Å². The zero-order valence-electron chi connectivity index (χ0n) is 18.0. The summed E-state index contributed by atoms with van der Waals surface area (Å²) < 4.78 is 2.69. The average molecular weight is 437 g/mol. The van der Waals surface area contributed by atoms with Crippen LogP contribution in [0.5, 0.6) is 0 Å². The summed E-state index contributed by atoms with van der Waals surface area (Å²) in [7, 11) is 0. The molecule has 3 heteroatoms. The van der Waals surface area contributed by atoms with Gasteiger partial charge in [-0.3, -0.25) is 0 Å². The molecule has 7 rings (SSSR count). The fourth-order valence-corrected chi connectivity index (χ4v) is 6.40. The molecule has 0 radical (unpaired) electrons. The standard InChI is InChI=1S/C30H20BNS/c1-3-11-21(12-4-1)31-27-17-9-7-15-23(27)25-20-30-26(24-16-8-10-18-29(24)33-30)19-28(25)32(31)22-13-5-2-6-14-22/h1-20H. The van der Waals surface area contributed by atoms with Crippen LogP contribution in [0.15, 0.2) is 121 Å². The van der Waals surface area contributed by atoms with Gasteiger partial charge in [0.25, 0.3) is 0 Å². The monoisotopic (exact) mass is 437 g/mol. The first kappa shape index (κ1) is 18.7. The highest BCUT2D eigenvalue weighted by Gasteiger charge is 2.37. The van der Waals surface area contributed by atoms with Crippen molar-refractivity contribution in [3.05, 3.63) is 121 Å². The molecule has 33 heavy (non-hydrogen) atoms. The second-order valence-corrected chi connectivity index (χ2v) is 9.65. The van der Waals surface area contributed by atoms with E-state index in [4.69, 9.17) is 0 Å². The van der Waals surface area contributed by atoms with Crippen molar-refractivity contribution in [2.24, 2.45) is 0 Å². The third-order valence-electron chi connectivity index (χ3n) is 6.71. The van der Waals surface area contributed by atoms with Gasteiger partial charge < -0.3 is 4.81 Å². The third-order valence-corrected chi connectivity index (χ3v) is 7.84. The molecule has 0 saturated heterocycles. The number of benzene rings is 5. The lowest BCUT2D eigenvalue weighted by molar-refractivity contribution is 1.37. The third kappa shape index (κ3) is 2.86. The van der Waals surface area contributed by atoms with Gasteiger partial charge in [-0.05, 0) is 41.4 Å². The molecule has 0 N–H and O–H groups in total. The molecule has 0 amide bonds. The van der Waals surface area contributed by atoms with E-state index in [0.717, 1.165) is 0 Å². The Morgan fingerprint density at radius 3 is 2.09 bits per heavy atom. The van der Waals surface area contributed by atoms with E-state index in [1.807, 2.05) is 11.3 Å². The van der Waals surface area contributed by atoms with E-state index in [-0.39, 0.29) is 6.85 Å². The van der Waals surface area contributed by atoms with Gasteiger partial charge in [-0.2, -0.15) is 0 Å². The Morgan fingerprint density at radius 1 is 0.545 bits per heavy atom. The Kier molecular flexibility index (Phi) is 4.18. The van der Waals surface area contributed by atoms with Crippen molar-refractivity contribution in [2.45, 2.75) is 0 Å². The Balaban J connectivity index is 1.60. The minimum Gasteiger partial charge on any atom is -0.376 e. The van der Waals surface area contributed by atoms with Crippen molar-refractivity contribution in [1.82, 2.24) is 0 Å². The quantitative estimate of drug-likeness (QED) is 0.264. The van der Waals surface area contributed by atoms with E-state index in [2.05, 4.69) is 126 Å². The first-order valence-electron chi connectivity index (χ1n) is 11.3. The largest absolute Gasteiger partial charge is 0.376 e. The number of anilines is 2. The van der Waals surface area contributed by atoms with Gasteiger partial charge in [0, 0.05) is 37.1 Å². The predicted octanol–water partition coefficient (Wildman–Crippen LogP) is 6.98. The van der Waals surface area contributed by atoms with Crippen molar-refractivity contribution < 1.29 is 0 Å². The Bertz CT molecular complexity index is 1620. The summed E-state index contributed by atoms with van der Waals surface area (Å²) in [5.41, 5.74) is 7.76. The summed E-state index contributed by atoms with van der Waals surface area (Å²) >= 11 is 1.88. The molecule has 6 aromatic rings. The van der Waals surface area contributed by atoms with Crippen molar-refractivity contribution in [3.63, 3.8) is 0 Å². The van der Waals surface area contributed by atoms with Crippen LogP contribution in [0.1, 0.15) is 0 Å². The normalized spacial score (nSPS) is 12.7. The molecule has 1 nitrogen and oxygen atoms in total. The van der Waals surface area contributed by atoms with E-state index in [0.29, 0.717) is 0 Å². The molecular weight excluding hydrogens is 417 g/mol. The van der Waals surface area contributed by atoms with Crippen LogP contribution in [0.4, 0.5) is 11.4 Å². The first-order valence-corrected chi connectivity index (χ1v) is 12.1. The molecule has 0 saturated carbocycles. The van der Waals surface area contributed by atoms with Gasteiger partial charge in [0.2, 0.25) is 0 Å². The predicted molar refractivity (Wildman–Crippen MR) is 145 cm³/mol. The van der Waals surface area contributed by atoms with Crippen molar-refractivity contribution in [1.29, 1.82) is 0 Å². The molecule has 154 valence electrons. The van der Waals surface area contributed by atoms with Crippen molar-refractivity contribution in [2.75, 3.05) is 4.81 Å². The maximum Gasteiger partial charge on any atom is 0.328 e. The van der Waals surface area contributed by atoms with E-state index in [1.54, 1.807) is 0 Å². The van der Waals surface area contributed by atoms with Gasteiger partial charge in [0.1, 0.15) is 0 Å². The minimum atomic E-state index is 0.111. The molecule has 1 aliphatic rings. The molecule has 0 fully saturated rings. The second kappa shape index (κ2) is 7.36. The molecule has 0 atom stereocenters. The molecular formula is C30H20BNS. The van der Waals surface area contributed by atoms with Crippen LogP contribution in [-0.2, 0) is 0 Å². The summed E-state index contributed by atoms with van der Waals surface area (Å²) in [5.74, 6) is 0. The summed E-state index contributed by atoms with van der Waals surface area (Å²) in [6, 6.07) is 44.2. The zero-order valence-corrected chi connectivity index (χ0v) is 18.8. The van der Waals surface area contributed by atoms with Crippen molar-refractivity contribution in [3.8, 4) is 11.1 Å². The van der Waals surface area contributed by atoms with Crippen LogP contribution in [0.25, 0.3) is 31.3 Å². The van der Waals surface area contributed by atoms with Crippen LogP contribution >= 0.6 is 11.3 Å². The van der Waals surface area contributed by atoms with Gasteiger partial charge in [-0.1, -0.05) is 96.5 Å². The summed E-state index contributed by atoms with van der Waals surface area (Å²) in [6.07, 6.45) is 0. The fourth-order valence-electron chi connectivity index (χ4n) is 5.27. The lowest BCUT2D eigenvalue weighted by atomic mass is 9.46. The van der Waals surface area contributed by atoms with Crippen LogP contribution in [0.3, 0.4) is 0 Å². The number of para-hydroxylation sites is 1. The summed E-state index contributed by atoms with van der Waals surface area (Å²) in [5, 5.41) is 2.67.